The normalized spacial score (nSPS) is 11.8. The Balaban J connectivity index is 2.59. The Morgan fingerprint density at radius 3 is 2.57 bits per heavy atom. The summed E-state index contributed by atoms with van der Waals surface area (Å²) in [5.41, 5.74) is -0.0329. The molecule has 7 heteroatoms. The van der Waals surface area contributed by atoms with E-state index in [4.69, 9.17) is 4.74 Å². The monoisotopic (exact) mass is 337 g/mol. The Kier molecular flexibility index (Phi) is 4.91. The highest BCUT2D eigenvalue weighted by Crippen LogP contribution is 2.35. The molecule has 0 aliphatic rings. The summed E-state index contributed by atoms with van der Waals surface area (Å²) in [6.45, 7) is 9.74. The van der Waals surface area contributed by atoms with Crippen molar-refractivity contribution in [2.75, 3.05) is 25.1 Å². The number of aliphatic hydroxyl groups is 1. The molecule has 2 heterocycles. The number of fused-ring (bicyclic) bond motifs is 1. The summed E-state index contributed by atoms with van der Waals surface area (Å²) < 4.78 is 5.12. The van der Waals surface area contributed by atoms with Gasteiger partial charge in [0.05, 0.1) is 17.6 Å². The van der Waals surface area contributed by atoms with Gasteiger partial charge in [-0.25, -0.2) is 14.8 Å². The summed E-state index contributed by atoms with van der Waals surface area (Å²) in [4.78, 5) is 24.3. The summed E-state index contributed by atoms with van der Waals surface area (Å²) >= 11 is 1.32. The maximum Gasteiger partial charge on any atom is 0.348 e. The molecule has 0 fully saturated rings. The fraction of sp³-hybridized carbons (Fsp3) is 0.562. The number of rotatable bonds is 5. The predicted molar refractivity (Wildman–Crippen MR) is 92.4 cm³/mol. The molecule has 2 rings (SSSR count). The van der Waals surface area contributed by atoms with Gasteiger partial charge in [0.1, 0.15) is 21.3 Å². The fourth-order valence-electron chi connectivity index (χ4n) is 2.54. The quantitative estimate of drug-likeness (QED) is 0.846. The highest BCUT2D eigenvalue weighted by atomic mass is 32.1. The largest absolute Gasteiger partial charge is 0.462 e. The Labute approximate surface area is 140 Å². The van der Waals surface area contributed by atoms with E-state index in [9.17, 15) is 9.90 Å². The zero-order valence-corrected chi connectivity index (χ0v) is 15.2. The number of aromatic nitrogens is 2. The van der Waals surface area contributed by atoms with Crippen LogP contribution in [-0.2, 0) is 4.74 Å². The SMILES string of the molecule is CCOC(=O)c1sc2nc(C)nc(N(C)CC(C)(C)O)c2c1C. The van der Waals surface area contributed by atoms with E-state index in [1.165, 1.54) is 11.3 Å². The molecule has 0 radical (unpaired) electrons. The second-order valence-electron chi connectivity index (χ2n) is 6.22. The van der Waals surface area contributed by atoms with Crippen LogP contribution in [0.4, 0.5) is 5.82 Å². The molecule has 2 aromatic rings. The highest BCUT2D eigenvalue weighted by Gasteiger charge is 2.24. The first-order valence-corrected chi connectivity index (χ1v) is 8.34. The molecule has 0 spiro atoms. The lowest BCUT2D eigenvalue weighted by atomic mass is 10.1. The Morgan fingerprint density at radius 2 is 2.00 bits per heavy atom. The molecule has 0 aliphatic heterocycles. The van der Waals surface area contributed by atoms with E-state index in [1.54, 1.807) is 20.8 Å². The number of hydrogen-bond acceptors (Lipinski definition) is 7. The van der Waals surface area contributed by atoms with Gasteiger partial charge in [0.2, 0.25) is 0 Å². The van der Waals surface area contributed by atoms with E-state index in [0.29, 0.717) is 23.9 Å². The minimum Gasteiger partial charge on any atom is -0.462 e. The minimum absolute atomic E-state index is 0.332. The second-order valence-corrected chi connectivity index (χ2v) is 7.22. The first kappa shape index (κ1) is 17.6. The zero-order valence-electron chi connectivity index (χ0n) is 14.4. The summed E-state index contributed by atoms with van der Waals surface area (Å²) in [5, 5.41) is 10.9. The van der Waals surface area contributed by atoms with Gasteiger partial charge in [0.15, 0.2) is 0 Å². The third-order valence-corrected chi connectivity index (χ3v) is 4.50. The summed E-state index contributed by atoms with van der Waals surface area (Å²) in [5.74, 6) is 1.02. The molecule has 0 saturated heterocycles. The molecule has 0 amide bonds. The van der Waals surface area contributed by atoms with Crippen LogP contribution in [0.2, 0.25) is 0 Å². The predicted octanol–water partition coefficient (Wildman–Crippen LogP) is 2.69. The number of likely N-dealkylation sites (N-methyl/N-ethyl adjacent to an activating group) is 1. The lowest BCUT2D eigenvalue weighted by molar-refractivity contribution is 0.0531. The van der Waals surface area contributed by atoms with Crippen LogP contribution in [0.5, 0.6) is 0 Å². The van der Waals surface area contributed by atoms with Gasteiger partial charge >= 0.3 is 5.97 Å². The van der Waals surface area contributed by atoms with E-state index < -0.39 is 5.60 Å². The van der Waals surface area contributed by atoms with Gasteiger partial charge in [-0.1, -0.05) is 0 Å². The third kappa shape index (κ3) is 3.79. The molecule has 1 N–H and O–H groups in total. The van der Waals surface area contributed by atoms with E-state index in [2.05, 4.69) is 9.97 Å². The van der Waals surface area contributed by atoms with Crippen molar-refractivity contribution in [3.63, 3.8) is 0 Å². The summed E-state index contributed by atoms with van der Waals surface area (Å²) in [6, 6.07) is 0. The molecule has 0 saturated carbocycles. The van der Waals surface area contributed by atoms with Gasteiger partial charge in [0.25, 0.3) is 0 Å². The zero-order chi connectivity index (χ0) is 17.4. The first-order valence-electron chi connectivity index (χ1n) is 7.52. The molecule has 0 atom stereocenters. The average Bonchev–Trinajstić information content (AvgIpc) is 2.73. The molecular formula is C16H23N3O3S. The van der Waals surface area contributed by atoms with Crippen LogP contribution in [0.1, 0.15) is 41.8 Å². The van der Waals surface area contributed by atoms with E-state index in [0.717, 1.165) is 21.6 Å². The molecule has 126 valence electrons. The highest BCUT2D eigenvalue weighted by molar-refractivity contribution is 7.20. The van der Waals surface area contributed by atoms with Crippen molar-refractivity contribution in [2.45, 2.75) is 40.2 Å². The van der Waals surface area contributed by atoms with Crippen LogP contribution < -0.4 is 4.90 Å². The molecule has 0 bridgehead atoms. The number of nitrogens with zero attached hydrogens (tertiary/aromatic N) is 3. The number of thiophene rings is 1. The molecule has 0 aliphatic carbocycles. The van der Waals surface area contributed by atoms with Crippen LogP contribution in [0.25, 0.3) is 10.2 Å². The van der Waals surface area contributed by atoms with Crippen LogP contribution in [0.3, 0.4) is 0 Å². The van der Waals surface area contributed by atoms with Crippen molar-refractivity contribution < 1.29 is 14.6 Å². The fourth-order valence-corrected chi connectivity index (χ4v) is 3.66. The van der Waals surface area contributed by atoms with E-state index >= 15 is 0 Å². The van der Waals surface area contributed by atoms with Crippen LogP contribution >= 0.6 is 11.3 Å². The Hall–Kier alpha value is -1.73. The lowest BCUT2D eigenvalue weighted by Crippen LogP contribution is -2.36. The first-order chi connectivity index (χ1) is 10.6. The van der Waals surface area contributed by atoms with Crippen molar-refractivity contribution in [1.82, 2.24) is 9.97 Å². The lowest BCUT2D eigenvalue weighted by Gasteiger charge is -2.27. The van der Waals surface area contributed by atoms with Gasteiger partial charge in [-0.2, -0.15) is 0 Å². The maximum absolute atomic E-state index is 12.1. The number of aryl methyl sites for hydroxylation is 2. The van der Waals surface area contributed by atoms with E-state index in [1.807, 2.05) is 25.8 Å². The van der Waals surface area contributed by atoms with Gasteiger partial charge in [-0.3, -0.25) is 0 Å². The molecule has 23 heavy (non-hydrogen) atoms. The van der Waals surface area contributed by atoms with Crippen molar-refractivity contribution in [2.24, 2.45) is 0 Å². The van der Waals surface area contributed by atoms with Gasteiger partial charge in [-0.05, 0) is 40.2 Å². The van der Waals surface area contributed by atoms with Crippen molar-refractivity contribution in [1.29, 1.82) is 0 Å². The van der Waals surface area contributed by atoms with Gasteiger partial charge < -0.3 is 14.7 Å². The van der Waals surface area contributed by atoms with Crippen LogP contribution in [0.15, 0.2) is 0 Å². The number of esters is 1. The molecule has 6 nitrogen and oxygen atoms in total. The standard InChI is InChI=1S/C16H23N3O3S/c1-7-22-15(20)12-9(2)11-13(19(6)8-16(4,5)21)17-10(3)18-14(11)23-12/h21H,7-8H2,1-6H3. The van der Waals surface area contributed by atoms with Crippen molar-refractivity contribution in [3.8, 4) is 0 Å². The minimum atomic E-state index is -0.853. The topological polar surface area (TPSA) is 75.5 Å². The molecule has 0 aromatic carbocycles. The Morgan fingerprint density at radius 1 is 1.35 bits per heavy atom. The average molecular weight is 337 g/mol. The van der Waals surface area contributed by atoms with Gasteiger partial charge in [-0.15, -0.1) is 11.3 Å². The van der Waals surface area contributed by atoms with Crippen molar-refractivity contribution >= 4 is 33.3 Å². The Bertz CT molecular complexity index is 734. The molecule has 2 aromatic heterocycles. The number of carbonyl (C=O) groups excluding carboxylic acids is 1. The smallest absolute Gasteiger partial charge is 0.348 e. The van der Waals surface area contributed by atoms with Crippen LogP contribution in [-0.4, -0.2) is 46.8 Å². The van der Waals surface area contributed by atoms with Crippen molar-refractivity contribution in [3.05, 3.63) is 16.3 Å². The molecule has 0 unspecified atom stereocenters. The maximum atomic E-state index is 12.1. The molecular weight excluding hydrogens is 314 g/mol. The second kappa shape index (κ2) is 6.41. The van der Waals surface area contributed by atoms with Crippen LogP contribution in [0, 0.1) is 13.8 Å². The summed E-state index contributed by atoms with van der Waals surface area (Å²) in [7, 11) is 1.88. The van der Waals surface area contributed by atoms with Gasteiger partial charge in [0, 0.05) is 13.6 Å². The number of anilines is 1. The summed E-state index contributed by atoms with van der Waals surface area (Å²) in [6.07, 6.45) is 0. The number of ether oxygens (including phenoxy) is 1. The van der Waals surface area contributed by atoms with E-state index in [-0.39, 0.29) is 5.97 Å². The number of hydrogen-bond donors (Lipinski definition) is 1. The number of carbonyl (C=O) groups is 1. The third-order valence-electron chi connectivity index (χ3n) is 3.33.